The fraction of sp³-hybridized carbons (Fsp3) is 0.800. The minimum atomic E-state index is 0.652. The smallest absolute Gasteiger partial charge is 0.0178 e. The van der Waals surface area contributed by atoms with Gasteiger partial charge in [0.05, 0.1) is 0 Å². The minimum absolute atomic E-state index is 0.652. The molecule has 1 N–H and O–H groups in total. The number of hydrogen-bond acceptors (Lipinski definition) is 2. The summed E-state index contributed by atoms with van der Waals surface area (Å²) >= 11 is 0. The van der Waals surface area contributed by atoms with Gasteiger partial charge >= 0.3 is 0 Å². The fourth-order valence-corrected chi connectivity index (χ4v) is 2.40. The van der Waals surface area contributed by atoms with Gasteiger partial charge in [0.25, 0.3) is 0 Å². The Labute approximate surface area is 74.6 Å². The van der Waals surface area contributed by atoms with Crippen LogP contribution in [0.25, 0.3) is 0 Å². The van der Waals surface area contributed by atoms with Crippen molar-refractivity contribution >= 4 is 0 Å². The van der Waals surface area contributed by atoms with Gasteiger partial charge < -0.3 is 10.2 Å². The predicted molar refractivity (Wildman–Crippen MR) is 50.9 cm³/mol. The van der Waals surface area contributed by atoms with Gasteiger partial charge in [-0.25, -0.2) is 0 Å². The number of rotatable bonds is 1. The molecule has 0 radical (unpaired) electrons. The Bertz CT molecular complexity index is 161. The Morgan fingerprint density at radius 1 is 1.25 bits per heavy atom. The van der Waals surface area contributed by atoms with Crippen molar-refractivity contribution in [2.24, 2.45) is 5.41 Å². The lowest BCUT2D eigenvalue weighted by atomic mass is 9.78. The second kappa shape index (κ2) is 3.09. The average molecular weight is 166 g/mol. The zero-order chi connectivity index (χ0) is 8.44. The zero-order valence-corrected chi connectivity index (χ0v) is 7.68. The number of nitrogens with one attached hydrogen (secondary N) is 1. The van der Waals surface area contributed by atoms with Gasteiger partial charge in [0.2, 0.25) is 0 Å². The molecule has 0 unspecified atom stereocenters. The quantitative estimate of drug-likeness (QED) is 0.630. The van der Waals surface area contributed by atoms with E-state index in [1.54, 1.807) is 0 Å². The van der Waals surface area contributed by atoms with Gasteiger partial charge in [0, 0.05) is 19.6 Å². The third-order valence-corrected chi connectivity index (χ3v) is 3.45. The largest absolute Gasteiger partial charge is 0.378 e. The molecule has 0 atom stereocenters. The van der Waals surface area contributed by atoms with Gasteiger partial charge in [-0.2, -0.15) is 0 Å². The molecule has 2 aliphatic rings. The lowest BCUT2D eigenvalue weighted by molar-refractivity contribution is 0.155. The first-order valence-corrected chi connectivity index (χ1v) is 4.92. The molecule has 2 rings (SSSR count). The van der Waals surface area contributed by atoms with Crippen LogP contribution in [0.1, 0.15) is 19.3 Å². The highest BCUT2D eigenvalue weighted by Crippen LogP contribution is 2.36. The summed E-state index contributed by atoms with van der Waals surface area (Å²) in [6.07, 6.45) is 6.07. The van der Waals surface area contributed by atoms with E-state index < -0.39 is 0 Å². The summed E-state index contributed by atoms with van der Waals surface area (Å²) in [5, 5.41) is 3.47. The van der Waals surface area contributed by atoms with Crippen molar-refractivity contribution in [3.8, 4) is 0 Å². The Morgan fingerprint density at radius 3 is 2.50 bits per heavy atom. The summed E-state index contributed by atoms with van der Waals surface area (Å²) in [6, 6.07) is 0. The molecule has 2 fully saturated rings. The molecule has 0 aromatic heterocycles. The van der Waals surface area contributed by atoms with E-state index in [1.165, 1.54) is 45.4 Å². The third-order valence-electron chi connectivity index (χ3n) is 3.45. The van der Waals surface area contributed by atoms with Crippen LogP contribution in [0.15, 0.2) is 12.8 Å². The van der Waals surface area contributed by atoms with Crippen LogP contribution in [-0.4, -0.2) is 31.1 Å². The zero-order valence-electron chi connectivity index (χ0n) is 7.68. The lowest BCUT2D eigenvalue weighted by Crippen LogP contribution is -2.38. The molecule has 2 saturated heterocycles. The van der Waals surface area contributed by atoms with Gasteiger partial charge in [-0.1, -0.05) is 6.58 Å². The van der Waals surface area contributed by atoms with Crippen molar-refractivity contribution in [3.63, 3.8) is 0 Å². The molecule has 0 bridgehead atoms. The summed E-state index contributed by atoms with van der Waals surface area (Å²) in [6.45, 7) is 8.71. The molecular weight excluding hydrogens is 148 g/mol. The van der Waals surface area contributed by atoms with Crippen molar-refractivity contribution in [1.29, 1.82) is 0 Å². The van der Waals surface area contributed by atoms with Crippen LogP contribution in [0.3, 0.4) is 0 Å². The lowest BCUT2D eigenvalue weighted by Gasteiger charge is -2.38. The molecule has 0 saturated carbocycles. The van der Waals surface area contributed by atoms with E-state index in [2.05, 4.69) is 16.8 Å². The van der Waals surface area contributed by atoms with E-state index in [0.29, 0.717) is 5.41 Å². The van der Waals surface area contributed by atoms with E-state index >= 15 is 0 Å². The molecule has 2 aliphatic heterocycles. The van der Waals surface area contributed by atoms with Gasteiger partial charge in [-0.15, -0.1) is 0 Å². The first kappa shape index (κ1) is 8.11. The van der Waals surface area contributed by atoms with Gasteiger partial charge in [-0.3, -0.25) is 0 Å². The van der Waals surface area contributed by atoms with Crippen molar-refractivity contribution < 1.29 is 0 Å². The highest BCUT2D eigenvalue weighted by Gasteiger charge is 2.36. The van der Waals surface area contributed by atoms with Crippen molar-refractivity contribution in [2.45, 2.75) is 19.3 Å². The van der Waals surface area contributed by atoms with Gasteiger partial charge in [0.15, 0.2) is 0 Å². The summed E-state index contributed by atoms with van der Waals surface area (Å²) in [4.78, 5) is 2.34. The van der Waals surface area contributed by atoms with E-state index in [4.69, 9.17) is 0 Å². The Balaban J connectivity index is 1.92. The molecule has 12 heavy (non-hydrogen) atoms. The maximum absolute atomic E-state index is 3.81. The summed E-state index contributed by atoms with van der Waals surface area (Å²) < 4.78 is 0. The summed E-state index contributed by atoms with van der Waals surface area (Å²) in [5.74, 6) is 0. The Kier molecular flexibility index (Phi) is 2.09. The standard InChI is InChI=1S/C10H18N2/c1-2-12-7-4-10(5-8-12)3-6-11-9-10/h2,11H,1,3-9H2. The molecule has 0 aromatic rings. The van der Waals surface area contributed by atoms with E-state index in [-0.39, 0.29) is 0 Å². The minimum Gasteiger partial charge on any atom is -0.378 e. The molecule has 1 spiro atoms. The maximum Gasteiger partial charge on any atom is 0.0178 e. The fourth-order valence-electron chi connectivity index (χ4n) is 2.40. The third kappa shape index (κ3) is 1.36. The number of likely N-dealkylation sites (tertiary alicyclic amines) is 1. The predicted octanol–water partition coefficient (Wildman–Crippen LogP) is 1.21. The monoisotopic (exact) mass is 166 g/mol. The normalized spacial score (nSPS) is 27.8. The van der Waals surface area contributed by atoms with E-state index in [0.717, 1.165) is 0 Å². The van der Waals surface area contributed by atoms with Gasteiger partial charge in [0.1, 0.15) is 0 Å². The van der Waals surface area contributed by atoms with E-state index in [1.807, 2.05) is 6.20 Å². The van der Waals surface area contributed by atoms with E-state index in [9.17, 15) is 0 Å². The van der Waals surface area contributed by atoms with Gasteiger partial charge in [-0.05, 0) is 37.4 Å². The summed E-state index contributed by atoms with van der Waals surface area (Å²) in [7, 11) is 0. The second-order valence-electron chi connectivity index (χ2n) is 4.15. The van der Waals surface area contributed by atoms with Crippen LogP contribution in [0, 0.1) is 5.41 Å². The van der Waals surface area contributed by atoms with Crippen molar-refractivity contribution in [2.75, 3.05) is 26.2 Å². The van der Waals surface area contributed by atoms with Crippen molar-refractivity contribution in [3.05, 3.63) is 12.8 Å². The van der Waals surface area contributed by atoms with Crippen LogP contribution in [0.5, 0.6) is 0 Å². The van der Waals surface area contributed by atoms with Crippen LogP contribution in [0.4, 0.5) is 0 Å². The summed E-state index contributed by atoms with van der Waals surface area (Å²) in [5.41, 5.74) is 0.652. The molecule has 0 aliphatic carbocycles. The van der Waals surface area contributed by atoms with Crippen molar-refractivity contribution in [1.82, 2.24) is 10.2 Å². The number of nitrogens with zero attached hydrogens (tertiary/aromatic N) is 1. The Morgan fingerprint density at radius 2 is 2.00 bits per heavy atom. The highest BCUT2D eigenvalue weighted by atomic mass is 15.1. The molecule has 2 nitrogen and oxygen atoms in total. The molecule has 0 amide bonds. The van der Waals surface area contributed by atoms with Crippen LogP contribution < -0.4 is 5.32 Å². The average Bonchev–Trinajstić information content (AvgIpc) is 2.55. The first-order valence-electron chi connectivity index (χ1n) is 4.92. The number of piperidine rings is 1. The highest BCUT2D eigenvalue weighted by molar-refractivity contribution is 4.93. The Hall–Kier alpha value is -0.500. The van der Waals surface area contributed by atoms with Crippen LogP contribution in [-0.2, 0) is 0 Å². The topological polar surface area (TPSA) is 15.3 Å². The second-order valence-corrected chi connectivity index (χ2v) is 4.15. The maximum atomic E-state index is 3.81. The number of hydrogen-bond donors (Lipinski definition) is 1. The van der Waals surface area contributed by atoms with Crippen LogP contribution in [0.2, 0.25) is 0 Å². The molecule has 68 valence electrons. The molecule has 0 aromatic carbocycles. The molecule has 2 heterocycles. The molecular formula is C10H18N2. The van der Waals surface area contributed by atoms with Crippen LogP contribution >= 0.6 is 0 Å². The SMILES string of the molecule is C=CN1CCC2(CCNC2)CC1. The first-order chi connectivity index (χ1) is 5.85. The molecule has 2 heteroatoms.